The van der Waals surface area contributed by atoms with E-state index in [1.165, 1.54) is 6.07 Å². The van der Waals surface area contributed by atoms with Crippen molar-refractivity contribution in [2.75, 3.05) is 13.6 Å². The van der Waals surface area contributed by atoms with Crippen molar-refractivity contribution in [1.29, 1.82) is 0 Å². The number of benzene rings is 1. The van der Waals surface area contributed by atoms with E-state index in [2.05, 4.69) is 25.6 Å². The zero-order valence-electron chi connectivity index (χ0n) is 17.5. The summed E-state index contributed by atoms with van der Waals surface area (Å²) in [6, 6.07) is 9.41. The van der Waals surface area contributed by atoms with Gasteiger partial charge in [-0.1, -0.05) is 11.6 Å². The minimum atomic E-state index is -0.828. The number of hydrogen-bond acceptors (Lipinski definition) is 5. The van der Waals surface area contributed by atoms with Crippen molar-refractivity contribution in [2.45, 2.75) is 6.54 Å². The van der Waals surface area contributed by atoms with E-state index in [-0.39, 0.29) is 16.3 Å². The first-order valence-electron chi connectivity index (χ1n) is 10.2. The van der Waals surface area contributed by atoms with E-state index >= 15 is 0 Å². The third kappa shape index (κ3) is 4.08. The maximum Gasteiger partial charge on any atom is 0.144 e. The van der Waals surface area contributed by atoms with Gasteiger partial charge in [-0.05, 0) is 37.4 Å². The monoisotopic (exact) mass is 465 g/mol. The number of aromatic amines is 1. The maximum absolute atomic E-state index is 14.5. The highest BCUT2D eigenvalue weighted by Crippen LogP contribution is 2.34. The fourth-order valence-corrected chi connectivity index (χ4v) is 3.72. The van der Waals surface area contributed by atoms with Gasteiger partial charge < -0.3 is 5.32 Å². The molecule has 4 aromatic heterocycles. The summed E-state index contributed by atoms with van der Waals surface area (Å²) in [6.45, 7) is 1.57. The molecule has 10 heteroatoms. The highest BCUT2D eigenvalue weighted by Gasteiger charge is 2.18. The van der Waals surface area contributed by atoms with Crippen molar-refractivity contribution in [3.63, 3.8) is 0 Å². The molecule has 0 saturated carbocycles. The van der Waals surface area contributed by atoms with Crippen LogP contribution in [0.15, 0.2) is 55.0 Å². The Bertz CT molecular complexity index is 1460. The molecule has 7 nitrogen and oxygen atoms in total. The summed E-state index contributed by atoms with van der Waals surface area (Å²) >= 11 is 5.87. The van der Waals surface area contributed by atoms with E-state index in [9.17, 15) is 8.78 Å². The van der Waals surface area contributed by atoms with Crippen LogP contribution in [0.25, 0.3) is 44.8 Å². The average Bonchev–Trinajstić information content (AvgIpc) is 3.49. The van der Waals surface area contributed by atoms with Gasteiger partial charge >= 0.3 is 0 Å². The highest BCUT2D eigenvalue weighted by atomic mass is 35.5. The molecule has 0 aliphatic carbocycles. The lowest BCUT2D eigenvalue weighted by atomic mass is 10.0. The van der Waals surface area contributed by atoms with Gasteiger partial charge in [0.1, 0.15) is 17.3 Å². The Labute approximate surface area is 192 Å². The number of nitrogens with zero attached hydrogens (tertiary/aromatic N) is 5. The number of halogens is 3. The van der Waals surface area contributed by atoms with Crippen molar-refractivity contribution in [1.82, 2.24) is 35.3 Å². The summed E-state index contributed by atoms with van der Waals surface area (Å²) in [5.74, 6) is -1.59. The number of pyridine rings is 2. The largest absolute Gasteiger partial charge is 0.318 e. The van der Waals surface area contributed by atoms with Crippen molar-refractivity contribution in [2.24, 2.45) is 0 Å². The first-order valence-corrected chi connectivity index (χ1v) is 10.6. The molecule has 5 rings (SSSR count). The third-order valence-electron chi connectivity index (χ3n) is 5.25. The SMILES string of the molecule is CNCCn1ccc(-c2cnc3ccc(-c4c[nH]nc4-c4cc(Cl)c(F)cc4F)nc3c2)n1. The molecule has 33 heavy (non-hydrogen) atoms. The Kier molecular flexibility index (Phi) is 5.57. The van der Waals surface area contributed by atoms with Gasteiger partial charge in [-0.2, -0.15) is 10.2 Å². The van der Waals surface area contributed by atoms with Crippen LogP contribution in [0, 0.1) is 11.6 Å². The summed E-state index contributed by atoms with van der Waals surface area (Å²) in [4.78, 5) is 9.22. The van der Waals surface area contributed by atoms with Crippen LogP contribution in [0.5, 0.6) is 0 Å². The molecular formula is C23H18ClF2N7. The van der Waals surface area contributed by atoms with Crippen LogP contribution in [0.1, 0.15) is 0 Å². The van der Waals surface area contributed by atoms with Gasteiger partial charge in [0.2, 0.25) is 0 Å². The lowest BCUT2D eigenvalue weighted by Crippen LogP contribution is -2.15. The van der Waals surface area contributed by atoms with E-state index in [1.54, 1.807) is 18.5 Å². The van der Waals surface area contributed by atoms with Crippen LogP contribution < -0.4 is 5.32 Å². The quantitative estimate of drug-likeness (QED) is 0.355. The summed E-state index contributed by atoms with van der Waals surface area (Å²) in [7, 11) is 1.89. The highest BCUT2D eigenvalue weighted by molar-refractivity contribution is 6.31. The normalized spacial score (nSPS) is 11.4. The van der Waals surface area contributed by atoms with E-state index in [0.29, 0.717) is 22.3 Å². The predicted octanol–water partition coefficient (Wildman–Crippen LogP) is 4.70. The second kappa shape index (κ2) is 8.68. The lowest BCUT2D eigenvalue weighted by molar-refractivity contribution is 0.585. The number of aromatic nitrogens is 6. The van der Waals surface area contributed by atoms with Gasteiger partial charge in [-0.25, -0.2) is 13.8 Å². The fourth-order valence-electron chi connectivity index (χ4n) is 3.56. The average molecular weight is 466 g/mol. The molecule has 0 radical (unpaired) electrons. The molecule has 5 aromatic rings. The Morgan fingerprint density at radius 1 is 1.03 bits per heavy atom. The lowest BCUT2D eigenvalue weighted by Gasteiger charge is -2.07. The Morgan fingerprint density at radius 3 is 2.76 bits per heavy atom. The van der Waals surface area contributed by atoms with Crippen LogP contribution in [-0.4, -0.2) is 43.5 Å². The second-order valence-corrected chi connectivity index (χ2v) is 7.83. The first kappa shape index (κ1) is 21.2. The Hall–Kier alpha value is -3.69. The third-order valence-corrected chi connectivity index (χ3v) is 5.54. The minimum Gasteiger partial charge on any atom is -0.318 e. The van der Waals surface area contributed by atoms with Gasteiger partial charge in [0.15, 0.2) is 0 Å². The summed E-state index contributed by atoms with van der Waals surface area (Å²) in [5.41, 5.74) is 4.47. The molecule has 0 spiro atoms. The molecule has 0 saturated heterocycles. The van der Waals surface area contributed by atoms with Crippen molar-refractivity contribution < 1.29 is 8.78 Å². The Balaban J connectivity index is 1.54. The number of H-pyrrole nitrogens is 1. The van der Waals surface area contributed by atoms with Crippen molar-refractivity contribution in [3.8, 4) is 33.8 Å². The molecule has 166 valence electrons. The molecule has 4 heterocycles. The number of nitrogens with one attached hydrogen (secondary N) is 2. The summed E-state index contributed by atoms with van der Waals surface area (Å²) in [5, 5.41) is 14.4. The van der Waals surface area contributed by atoms with Crippen molar-refractivity contribution >= 4 is 22.6 Å². The predicted molar refractivity (Wildman–Crippen MR) is 123 cm³/mol. The van der Waals surface area contributed by atoms with Crippen molar-refractivity contribution in [3.05, 3.63) is 71.6 Å². The summed E-state index contributed by atoms with van der Waals surface area (Å²) < 4.78 is 29.9. The van der Waals surface area contributed by atoms with E-state index in [1.807, 2.05) is 36.1 Å². The molecule has 2 N–H and O–H groups in total. The van der Waals surface area contributed by atoms with E-state index in [0.717, 1.165) is 30.4 Å². The maximum atomic E-state index is 14.5. The van der Waals surface area contributed by atoms with Crippen LogP contribution in [0.2, 0.25) is 5.02 Å². The zero-order valence-corrected chi connectivity index (χ0v) is 18.2. The Morgan fingerprint density at radius 2 is 1.91 bits per heavy atom. The van der Waals surface area contributed by atoms with Crippen LogP contribution in [-0.2, 0) is 6.54 Å². The molecule has 0 atom stereocenters. The van der Waals surface area contributed by atoms with Gasteiger partial charge in [-0.15, -0.1) is 0 Å². The summed E-state index contributed by atoms with van der Waals surface area (Å²) in [6.07, 6.45) is 5.29. The number of fused-ring (bicyclic) bond motifs is 1. The van der Waals surface area contributed by atoms with Gasteiger partial charge in [-0.3, -0.25) is 14.8 Å². The van der Waals surface area contributed by atoms with E-state index in [4.69, 9.17) is 16.6 Å². The van der Waals surface area contributed by atoms with Gasteiger partial charge in [0, 0.05) is 47.9 Å². The zero-order chi connectivity index (χ0) is 22.9. The first-order chi connectivity index (χ1) is 16.0. The molecule has 0 aliphatic rings. The molecule has 0 amide bonds. The van der Waals surface area contributed by atoms with Gasteiger partial charge in [0.25, 0.3) is 0 Å². The van der Waals surface area contributed by atoms with Crippen LogP contribution in [0.3, 0.4) is 0 Å². The second-order valence-electron chi connectivity index (χ2n) is 7.42. The topological polar surface area (TPSA) is 84.3 Å². The fraction of sp³-hybridized carbons (Fsp3) is 0.130. The molecule has 1 aromatic carbocycles. The van der Waals surface area contributed by atoms with E-state index < -0.39 is 11.6 Å². The smallest absolute Gasteiger partial charge is 0.144 e. The molecule has 0 fully saturated rings. The molecular weight excluding hydrogens is 448 g/mol. The standard InChI is InChI=1S/C23H18ClF2N7/c1-27-5-7-33-6-4-19(32-33)13-8-22-21(28-11-13)3-2-20(30-22)15-12-29-31-23(15)14-9-16(24)18(26)10-17(14)25/h2-4,6,8-12,27H,5,7H2,1H3,(H,29,31). The number of rotatable bonds is 6. The molecule has 0 unspecified atom stereocenters. The molecule has 0 aliphatic heterocycles. The number of hydrogen-bond donors (Lipinski definition) is 2. The van der Waals surface area contributed by atoms with Crippen LogP contribution >= 0.6 is 11.6 Å². The van der Waals surface area contributed by atoms with Gasteiger partial charge in [0.05, 0.1) is 34.0 Å². The number of likely N-dealkylation sites (N-methyl/N-ethyl adjacent to an activating group) is 1. The minimum absolute atomic E-state index is 0.0820. The molecule has 0 bridgehead atoms. The van der Waals surface area contributed by atoms with Crippen LogP contribution in [0.4, 0.5) is 8.78 Å².